The van der Waals surface area contributed by atoms with Crippen LogP contribution in [0.3, 0.4) is 0 Å². The number of carbonyl (C=O) groups is 1. The van der Waals surface area contributed by atoms with E-state index in [0.717, 1.165) is 18.8 Å². The van der Waals surface area contributed by atoms with Crippen LogP contribution >= 0.6 is 0 Å². The van der Waals surface area contributed by atoms with Crippen molar-refractivity contribution in [3.8, 4) is 28.7 Å². The van der Waals surface area contributed by atoms with Crippen molar-refractivity contribution in [2.24, 2.45) is 5.92 Å². The van der Waals surface area contributed by atoms with Crippen LogP contribution in [0.2, 0.25) is 0 Å². The minimum Gasteiger partial charge on any atom is -0.477 e. The van der Waals surface area contributed by atoms with E-state index in [1.54, 1.807) is 29.2 Å². The predicted octanol–water partition coefficient (Wildman–Crippen LogP) is 3.44. The second-order valence-corrected chi connectivity index (χ2v) is 10.1. The summed E-state index contributed by atoms with van der Waals surface area (Å²) in [7, 11) is 0. The Kier molecular flexibility index (Phi) is 7.81. The predicted molar refractivity (Wildman–Crippen MR) is 146 cm³/mol. The highest BCUT2D eigenvalue weighted by Gasteiger charge is 2.25. The smallest absolute Gasteiger partial charge is 0.244 e. The summed E-state index contributed by atoms with van der Waals surface area (Å²) in [5, 5.41) is 4.55. The number of piperazine rings is 1. The second-order valence-electron chi connectivity index (χ2n) is 10.1. The molecule has 2 aliphatic heterocycles. The summed E-state index contributed by atoms with van der Waals surface area (Å²) in [6.07, 6.45) is 2.48. The summed E-state index contributed by atoms with van der Waals surface area (Å²) in [5.74, 6) is 1.57. The highest BCUT2D eigenvalue weighted by Crippen LogP contribution is 2.24. The second kappa shape index (κ2) is 12.0. The Morgan fingerprint density at radius 3 is 2.34 bits per heavy atom. The number of halogens is 2. The Morgan fingerprint density at radius 2 is 1.66 bits per heavy atom. The standard InChI is InChI=1S/C29H29F2N7O3/c30-23-5-1-21(2-6-23)28-34-29(22-3-7-24(31)8-4-22)38(35-28)16-27(39)37-12-10-36(11-13-37)25-15-26(33-19-32-25)41-18-20-9-14-40-17-20/h1-8,15,19-20H,9-14,16-18H2. The lowest BCUT2D eigenvalue weighted by Gasteiger charge is -2.35. The van der Waals surface area contributed by atoms with Gasteiger partial charge in [-0.25, -0.2) is 28.4 Å². The summed E-state index contributed by atoms with van der Waals surface area (Å²) < 4.78 is 39.8. The molecule has 2 aromatic carbocycles. The third kappa shape index (κ3) is 6.32. The number of aromatic nitrogens is 5. The summed E-state index contributed by atoms with van der Waals surface area (Å²) in [4.78, 5) is 30.5. The van der Waals surface area contributed by atoms with Crippen molar-refractivity contribution in [1.29, 1.82) is 0 Å². The highest BCUT2D eigenvalue weighted by molar-refractivity contribution is 5.77. The van der Waals surface area contributed by atoms with Gasteiger partial charge in [0.2, 0.25) is 11.8 Å². The monoisotopic (exact) mass is 561 g/mol. The van der Waals surface area contributed by atoms with Crippen LogP contribution < -0.4 is 9.64 Å². The third-order valence-corrected chi connectivity index (χ3v) is 7.24. The number of ether oxygens (including phenoxy) is 2. The van der Waals surface area contributed by atoms with Gasteiger partial charge in [-0.15, -0.1) is 5.10 Å². The molecule has 12 heteroatoms. The van der Waals surface area contributed by atoms with E-state index in [9.17, 15) is 13.6 Å². The Morgan fingerprint density at radius 1 is 0.951 bits per heavy atom. The first kappa shape index (κ1) is 26.8. The van der Waals surface area contributed by atoms with Crippen LogP contribution in [0.5, 0.6) is 5.88 Å². The number of hydrogen-bond acceptors (Lipinski definition) is 8. The molecule has 2 aromatic heterocycles. The molecule has 1 atom stereocenters. The van der Waals surface area contributed by atoms with Crippen molar-refractivity contribution in [2.45, 2.75) is 13.0 Å². The number of amides is 1. The van der Waals surface area contributed by atoms with E-state index in [0.29, 0.717) is 74.0 Å². The molecule has 41 heavy (non-hydrogen) atoms. The van der Waals surface area contributed by atoms with Crippen molar-refractivity contribution < 1.29 is 23.0 Å². The molecule has 0 radical (unpaired) electrons. The molecule has 1 unspecified atom stereocenters. The number of rotatable bonds is 8. The van der Waals surface area contributed by atoms with Crippen molar-refractivity contribution in [3.63, 3.8) is 0 Å². The molecule has 0 saturated carbocycles. The first-order chi connectivity index (χ1) is 20.0. The lowest BCUT2D eigenvalue weighted by molar-refractivity contribution is -0.132. The summed E-state index contributed by atoms with van der Waals surface area (Å²) in [5.41, 5.74) is 1.23. The first-order valence-electron chi connectivity index (χ1n) is 13.5. The van der Waals surface area contributed by atoms with Gasteiger partial charge in [0.1, 0.15) is 30.3 Å². The van der Waals surface area contributed by atoms with Crippen molar-refractivity contribution in [2.75, 3.05) is 50.9 Å². The molecule has 0 N–H and O–H groups in total. The van der Waals surface area contributed by atoms with Gasteiger partial charge in [0, 0.05) is 55.9 Å². The van der Waals surface area contributed by atoms with E-state index in [4.69, 9.17) is 9.47 Å². The maximum atomic E-state index is 13.6. The number of nitrogens with zero attached hydrogens (tertiary/aromatic N) is 7. The van der Waals surface area contributed by atoms with E-state index in [-0.39, 0.29) is 24.1 Å². The summed E-state index contributed by atoms with van der Waals surface area (Å²) in [6, 6.07) is 13.5. The summed E-state index contributed by atoms with van der Waals surface area (Å²) in [6.45, 7) is 4.20. The van der Waals surface area contributed by atoms with Crippen LogP contribution in [0.1, 0.15) is 6.42 Å². The first-order valence-corrected chi connectivity index (χ1v) is 13.5. The maximum Gasteiger partial charge on any atom is 0.244 e. The lowest BCUT2D eigenvalue weighted by atomic mass is 10.1. The van der Waals surface area contributed by atoms with Gasteiger partial charge in [-0.1, -0.05) is 0 Å². The number of benzene rings is 2. The number of hydrogen-bond donors (Lipinski definition) is 0. The van der Waals surface area contributed by atoms with Crippen molar-refractivity contribution >= 4 is 11.7 Å². The molecule has 10 nitrogen and oxygen atoms in total. The van der Waals surface area contributed by atoms with E-state index in [2.05, 4.69) is 25.0 Å². The third-order valence-electron chi connectivity index (χ3n) is 7.24. The quantitative estimate of drug-likeness (QED) is 0.323. The van der Waals surface area contributed by atoms with Crippen LogP contribution in [0.25, 0.3) is 22.8 Å². The summed E-state index contributed by atoms with van der Waals surface area (Å²) >= 11 is 0. The Bertz CT molecular complexity index is 1480. The molecule has 0 aliphatic carbocycles. The zero-order valence-corrected chi connectivity index (χ0v) is 22.3. The van der Waals surface area contributed by atoms with Crippen LogP contribution in [-0.4, -0.2) is 81.5 Å². The molecule has 0 spiro atoms. The molecular weight excluding hydrogens is 532 g/mol. The van der Waals surface area contributed by atoms with Gasteiger partial charge in [-0.3, -0.25) is 4.79 Å². The van der Waals surface area contributed by atoms with Gasteiger partial charge >= 0.3 is 0 Å². The zero-order chi connectivity index (χ0) is 28.2. The fourth-order valence-corrected chi connectivity index (χ4v) is 4.90. The Balaban J connectivity index is 1.12. The van der Waals surface area contributed by atoms with E-state index in [1.165, 1.54) is 35.3 Å². The minimum absolute atomic E-state index is 0.0444. The van der Waals surface area contributed by atoms with Crippen LogP contribution in [0, 0.1) is 17.6 Å². The zero-order valence-electron chi connectivity index (χ0n) is 22.3. The van der Waals surface area contributed by atoms with E-state index < -0.39 is 0 Å². The Labute approximate surface area is 235 Å². The van der Waals surface area contributed by atoms with Crippen molar-refractivity contribution in [3.05, 3.63) is 72.6 Å². The molecule has 212 valence electrons. The molecule has 4 heterocycles. The van der Waals surface area contributed by atoms with Gasteiger partial charge in [0.15, 0.2) is 11.6 Å². The fraction of sp³-hybridized carbons (Fsp3) is 0.345. The molecule has 0 bridgehead atoms. The fourth-order valence-electron chi connectivity index (χ4n) is 4.90. The highest BCUT2D eigenvalue weighted by atomic mass is 19.1. The maximum absolute atomic E-state index is 13.6. The lowest BCUT2D eigenvalue weighted by Crippen LogP contribution is -2.50. The van der Waals surface area contributed by atoms with Gasteiger partial charge in [-0.05, 0) is 55.0 Å². The van der Waals surface area contributed by atoms with Gasteiger partial charge < -0.3 is 19.3 Å². The number of anilines is 1. The van der Waals surface area contributed by atoms with E-state index >= 15 is 0 Å². The molecule has 6 rings (SSSR count). The van der Waals surface area contributed by atoms with Crippen LogP contribution in [0.15, 0.2) is 60.9 Å². The average Bonchev–Trinajstić information content (AvgIpc) is 3.68. The molecule has 1 amide bonds. The van der Waals surface area contributed by atoms with Crippen molar-refractivity contribution in [1.82, 2.24) is 29.6 Å². The normalized spacial score (nSPS) is 17.2. The van der Waals surface area contributed by atoms with Gasteiger partial charge in [0.05, 0.1) is 13.2 Å². The van der Waals surface area contributed by atoms with Crippen LogP contribution in [0.4, 0.5) is 14.6 Å². The minimum atomic E-state index is -0.377. The Hall–Kier alpha value is -4.45. The largest absolute Gasteiger partial charge is 0.477 e. The topological polar surface area (TPSA) is 98.5 Å². The average molecular weight is 562 g/mol. The molecule has 4 aromatic rings. The molecular formula is C29H29F2N7O3. The van der Waals surface area contributed by atoms with Crippen LogP contribution in [-0.2, 0) is 16.1 Å². The number of carbonyl (C=O) groups excluding carboxylic acids is 1. The molecule has 2 saturated heterocycles. The van der Waals surface area contributed by atoms with Gasteiger partial charge in [-0.2, -0.15) is 0 Å². The SMILES string of the molecule is O=C(Cn1nc(-c2ccc(F)cc2)nc1-c1ccc(F)cc1)N1CCN(c2cc(OCC3CCOC3)ncn2)CC1. The van der Waals surface area contributed by atoms with Gasteiger partial charge in [0.25, 0.3) is 0 Å². The van der Waals surface area contributed by atoms with E-state index in [1.807, 2.05) is 6.07 Å². The molecule has 2 aliphatic rings. The molecule has 2 fully saturated rings.